The number of ether oxygens (including phenoxy) is 1. The third-order valence-electron chi connectivity index (χ3n) is 4.80. The molecule has 2 atom stereocenters. The lowest BCUT2D eigenvalue weighted by atomic mass is 9.93. The van der Waals surface area contributed by atoms with Gasteiger partial charge in [0, 0.05) is 18.5 Å². The second-order valence-electron chi connectivity index (χ2n) is 6.85. The molecule has 0 amide bonds. The van der Waals surface area contributed by atoms with Crippen molar-refractivity contribution in [3.8, 4) is 11.4 Å². The lowest BCUT2D eigenvalue weighted by molar-refractivity contribution is -0.102. The van der Waals surface area contributed by atoms with Crippen LogP contribution in [0.4, 0.5) is 8.78 Å². The highest BCUT2D eigenvalue weighted by Crippen LogP contribution is 2.32. The van der Waals surface area contributed by atoms with Gasteiger partial charge in [0.25, 0.3) is 0 Å². The SMILES string of the molecule is CC1CNCC(C)(c2ccc(-n3ncc4cc(F)c(O)c(F)c43)cc2)O1. The molecule has 0 radical (unpaired) electrons. The number of fused-ring (bicyclic) bond motifs is 1. The molecular weight excluding hydrogens is 340 g/mol. The molecule has 0 saturated carbocycles. The van der Waals surface area contributed by atoms with Gasteiger partial charge in [-0.3, -0.25) is 0 Å². The number of hydrogen-bond acceptors (Lipinski definition) is 4. The summed E-state index contributed by atoms with van der Waals surface area (Å²) in [5.41, 5.74) is 1.18. The Morgan fingerprint density at radius 3 is 2.73 bits per heavy atom. The Balaban J connectivity index is 1.74. The first kappa shape index (κ1) is 16.9. The molecule has 2 N–H and O–H groups in total. The van der Waals surface area contributed by atoms with Crippen molar-refractivity contribution < 1.29 is 18.6 Å². The first-order chi connectivity index (χ1) is 12.4. The summed E-state index contributed by atoms with van der Waals surface area (Å²) in [6.45, 7) is 5.55. The lowest BCUT2D eigenvalue weighted by Crippen LogP contribution is -2.49. The van der Waals surface area contributed by atoms with Crippen molar-refractivity contribution in [3.05, 3.63) is 53.7 Å². The molecule has 136 valence electrons. The van der Waals surface area contributed by atoms with E-state index in [-0.39, 0.29) is 17.0 Å². The summed E-state index contributed by atoms with van der Waals surface area (Å²) < 4.78 is 35.3. The quantitative estimate of drug-likeness (QED) is 0.738. The minimum Gasteiger partial charge on any atom is -0.503 e. The lowest BCUT2D eigenvalue weighted by Gasteiger charge is -2.38. The summed E-state index contributed by atoms with van der Waals surface area (Å²) in [4.78, 5) is 0. The number of benzene rings is 2. The third-order valence-corrected chi connectivity index (χ3v) is 4.80. The Bertz CT molecular complexity index is 971. The number of phenolic OH excluding ortho intramolecular Hbond substituents is 1. The van der Waals surface area contributed by atoms with Crippen LogP contribution in [-0.2, 0) is 10.3 Å². The van der Waals surface area contributed by atoms with Crippen molar-refractivity contribution in [1.29, 1.82) is 0 Å². The van der Waals surface area contributed by atoms with Crippen LogP contribution in [0.3, 0.4) is 0 Å². The predicted octanol–water partition coefficient (Wildman–Crippen LogP) is 3.23. The molecule has 1 aromatic heterocycles. The van der Waals surface area contributed by atoms with Crippen LogP contribution in [-0.4, -0.2) is 34.1 Å². The van der Waals surface area contributed by atoms with E-state index in [0.717, 1.165) is 18.2 Å². The highest BCUT2D eigenvalue weighted by molar-refractivity contribution is 5.82. The maximum absolute atomic E-state index is 14.3. The van der Waals surface area contributed by atoms with Crippen LogP contribution in [0.25, 0.3) is 16.6 Å². The zero-order valence-electron chi connectivity index (χ0n) is 14.5. The summed E-state index contributed by atoms with van der Waals surface area (Å²) in [7, 11) is 0. The molecule has 0 bridgehead atoms. The normalized spacial score (nSPS) is 23.5. The Kier molecular flexibility index (Phi) is 3.93. The zero-order chi connectivity index (χ0) is 18.5. The fraction of sp³-hybridized carbons (Fsp3) is 0.316. The molecule has 0 aliphatic carbocycles. The van der Waals surface area contributed by atoms with Gasteiger partial charge in [-0.1, -0.05) is 12.1 Å². The van der Waals surface area contributed by atoms with Crippen LogP contribution >= 0.6 is 0 Å². The van der Waals surface area contributed by atoms with Crippen LogP contribution in [0.2, 0.25) is 0 Å². The molecule has 2 aromatic carbocycles. The van der Waals surface area contributed by atoms with Crippen LogP contribution in [0, 0.1) is 11.6 Å². The summed E-state index contributed by atoms with van der Waals surface area (Å²) in [6.07, 6.45) is 1.47. The number of aromatic hydroxyl groups is 1. The van der Waals surface area contributed by atoms with Crippen molar-refractivity contribution in [2.24, 2.45) is 0 Å². The average Bonchev–Trinajstić information content (AvgIpc) is 3.03. The summed E-state index contributed by atoms with van der Waals surface area (Å²) >= 11 is 0. The molecule has 1 saturated heterocycles. The molecule has 1 fully saturated rings. The van der Waals surface area contributed by atoms with Crippen LogP contribution in [0.5, 0.6) is 5.75 Å². The number of hydrogen-bond donors (Lipinski definition) is 2. The third kappa shape index (κ3) is 2.64. The van der Waals surface area contributed by atoms with Crippen molar-refractivity contribution in [3.63, 3.8) is 0 Å². The van der Waals surface area contributed by atoms with Crippen molar-refractivity contribution in [1.82, 2.24) is 15.1 Å². The van der Waals surface area contributed by atoms with Gasteiger partial charge in [-0.15, -0.1) is 0 Å². The number of nitrogens with one attached hydrogen (secondary N) is 1. The second-order valence-corrected chi connectivity index (χ2v) is 6.85. The fourth-order valence-corrected chi connectivity index (χ4v) is 3.47. The van der Waals surface area contributed by atoms with Gasteiger partial charge in [-0.2, -0.15) is 5.10 Å². The number of rotatable bonds is 2. The second kappa shape index (κ2) is 6.03. The molecule has 26 heavy (non-hydrogen) atoms. The van der Waals surface area contributed by atoms with Gasteiger partial charge in [0.1, 0.15) is 11.1 Å². The number of halogens is 2. The molecule has 2 unspecified atom stereocenters. The van der Waals surface area contributed by atoms with Crippen LogP contribution in [0.15, 0.2) is 36.5 Å². The summed E-state index contributed by atoms with van der Waals surface area (Å²) in [5, 5.41) is 17.3. The first-order valence-corrected chi connectivity index (χ1v) is 8.43. The van der Waals surface area contributed by atoms with E-state index in [1.807, 2.05) is 26.0 Å². The first-order valence-electron chi connectivity index (χ1n) is 8.43. The molecule has 3 aromatic rings. The summed E-state index contributed by atoms with van der Waals surface area (Å²) in [6, 6.07) is 8.48. The molecular formula is C19H19F2N3O2. The molecule has 1 aliphatic heterocycles. The van der Waals surface area contributed by atoms with Crippen molar-refractivity contribution in [2.75, 3.05) is 13.1 Å². The smallest absolute Gasteiger partial charge is 0.194 e. The number of nitrogens with zero attached hydrogens (tertiary/aromatic N) is 2. The maximum Gasteiger partial charge on any atom is 0.194 e. The number of morpholine rings is 1. The Morgan fingerprint density at radius 2 is 2.04 bits per heavy atom. The van der Waals surface area contributed by atoms with Gasteiger partial charge < -0.3 is 15.2 Å². The fourth-order valence-electron chi connectivity index (χ4n) is 3.47. The van der Waals surface area contributed by atoms with E-state index in [0.29, 0.717) is 12.2 Å². The number of aromatic nitrogens is 2. The average molecular weight is 359 g/mol. The van der Waals surface area contributed by atoms with E-state index in [4.69, 9.17) is 4.74 Å². The summed E-state index contributed by atoms with van der Waals surface area (Å²) in [5.74, 6) is -3.03. The Labute approximate surface area is 149 Å². The predicted molar refractivity (Wildman–Crippen MR) is 93.4 cm³/mol. The largest absolute Gasteiger partial charge is 0.503 e. The van der Waals surface area contributed by atoms with Gasteiger partial charge in [0.15, 0.2) is 17.4 Å². The van der Waals surface area contributed by atoms with Crippen molar-refractivity contribution >= 4 is 10.9 Å². The van der Waals surface area contributed by atoms with Crippen LogP contribution < -0.4 is 5.32 Å². The van der Waals surface area contributed by atoms with Gasteiger partial charge in [-0.25, -0.2) is 13.5 Å². The molecule has 7 heteroatoms. The number of phenols is 1. The molecule has 0 spiro atoms. The van der Waals surface area contributed by atoms with E-state index in [1.165, 1.54) is 10.9 Å². The molecule has 1 aliphatic rings. The minimum absolute atomic E-state index is 0.0343. The monoisotopic (exact) mass is 359 g/mol. The van der Waals surface area contributed by atoms with E-state index in [1.54, 1.807) is 12.1 Å². The van der Waals surface area contributed by atoms with Gasteiger partial charge in [-0.05, 0) is 37.6 Å². The van der Waals surface area contributed by atoms with E-state index in [2.05, 4.69) is 10.4 Å². The standard InChI is InChI=1S/C19H19F2N3O2/c1-11-8-22-10-19(2,26-11)13-3-5-14(6-4-13)24-17-12(9-23-24)7-15(20)18(25)16(17)21/h3-7,9,11,22,25H,8,10H2,1-2H3. The van der Waals surface area contributed by atoms with Crippen molar-refractivity contribution in [2.45, 2.75) is 25.6 Å². The Morgan fingerprint density at radius 1 is 1.31 bits per heavy atom. The van der Waals surface area contributed by atoms with E-state index >= 15 is 0 Å². The molecule has 5 nitrogen and oxygen atoms in total. The van der Waals surface area contributed by atoms with Gasteiger partial charge in [0.2, 0.25) is 0 Å². The van der Waals surface area contributed by atoms with Gasteiger partial charge in [0.05, 0.1) is 18.0 Å². The van der Waals surface area contributed by atoms with Crippen LogP contribution in [0.1, 0.15) is 19.4 Å². The highest BCUT2D eigenvalue weighted by Gasteiger charge is 2.32. The topological polar surface area (TPSA) is 59.3 Å². The molecule has 4 rings (SSSR count). The van der Waals surface area contributed by atoms with Gasteiger partial charge >= 0.3 is 0 Å². The Hall–Kier alpha value is -2.51. The molecule has 2 heterocycles. The highest BCUT2D eigenvalue weighted by atomic mass is 19.1. The van der Waals surface area contributed by atoms with E-state index in [9.17, 15) is 13.9 Å². The maximum atomic E-state index is 14.3. The van der Waals surface area contributed by atoms with E-state index < -0.39 is 23.0 Å². The minimum atomic E-state index is -1.03. The zero-order valence-corrected chi connectivity index (χ0v) is 14.5.